The van der Waals surface area contributed by atoms with Gasteiger partial charge in [0.05, 0.1) is 23.5 Å². The lowest BCUT2D eigenvalue weighted by Gasteiger charge is -2.30. The summed E-state index contributed by atoms with van der Waals surface area (Å²) in [6, 6.07) is 8.08. The van der Waals surface area contributed by atoms with Crippen LogP contribution in [0.15, 0.2) is 77.8 Å². The highest BCUT2D eigenvalue weighted by Gasteiger charge is 2.39. The fraction of sp³-hybridized carbons (Fsp3) is 0.200. The van der Waals surface area contributed by atoms with E-state index in [-0.39, 0.29) is 23.3 Å². The van der Waals surface area contributed by atoms with Crippen molar-refractivity contribution < 1.29 is 22.8 Å². The first-order valence-electron chi connectivity index (χ1n) is 11.6. The number of fused-ring (bicyclic) bond motifs is 1. The van der Waals surface area contributed by atoms with Crippen molar-refractivity contribution in [2.24, 2.45) is 10.8 Å². The molecular weight excluding hydrogens is 501 g/mol. The highest BCUT2D eigenvalue weighted by atomic mass is 19.4. The number of benzene rings is 1. The van der Waals surface area contributed by atoms with Gasteiger partial charge in [-0.2, -0.15) is 13.2 Å². The van der Waals surface area contributed by atoms with Crippen molar-refractivity contribution in [3.8, 4) is 0 Å². The number of pyridine rings is 1. The molecule has 0 aliphatic carbocycles. The van der Waals surface area contributed by atoms with Crippen LogP contribution < -0.4 is 16.6 Å². The number of hydrogen-bond acceptors (Lipinski definition) is 8. The molecule has 0 bridgehead atoms. The van der Waals surface area contributed by atoms with Crippen LogP contribution in [-0.4, -0.2) is 57.2 Å². The van der Waals surface area contributed by atoms with E-state index in [9.17, 15) is 22.8 Å². The zero-order valence-corrected chi connectivity index (χ0v) is 19.9. The van der Waals surface area contributed by atoms with E-state index in [4.69, 9.17) is 5.84 Å². The van der Waals surface area contributed by atoms with Gasteiger partial charge in [-0.3, -0.25) is 25.0 Å². The molecule has 2 amide bonds. The first kappa shape index (κ1) is 25.0. The quantitative estimate of drug-likeness (QED) is 0.407. The third kappa shape index (κ3) is 4.70. The fourth-order valence-electron chi connectivity index (χ4n) is 4.52. The lowest BCUT2D eigenvalue weighted by Crippen LogP contribution is -2.43. The Labute approximate surface area is 215 Å². The minimum absolute atomic E-state index is 0.0376. The molecule has 0 saturated carbocycles. The van der Waals surface area contributed by atoms with Crippen molar-refractivity contribution in [1.82, 2.24) is 25.3 Å². The molecule has 0 spiro atoms. The van der Waals surface area contributed by atoms with Gasteiger partial charge in [-0.15, -0.1) is 0 Å². The molecule has 3 aliphatic rings. The second kappa shape index (κ2) is 9.67. The summed E-state index contributed by atoms with van der Waals surface area (Å²) in [7, 11) is 0. The lowest BCUT2D eigenvalue weighted by molar-refractivity contribution is -0.137. The number of nitrogens with two attached hydrogens (primary N) is 1. The average molecular weight is 525 g/mol. The molecule has 2 aromatic rings. The van der Waals surface area contributed by atoms with Gasteiger partial charge in [0.2, 0.25) is 5.91 Å². The third-order valence-electron chi connectivity index (χ3n) is 6.40. The zero-order valence-electron chi connectivity index (χ0n) is 19.9. The van der Waals surface area contributed by atoms with E-state index in [2.05, 4.69) is 27.3 Å². The summed E-state index contributed by atoms with van der Waals surface area (Å²) in [6.07, 6.45) is 1.60. The Morgan fingerprint density at radius 1 is 1.21 bits per heavy atom. The average Bonchev–Trinajstić information content (AvgIpc) is 3.54. The van der Waals surface area contributed by atoms with E-state index in [0.717, 1.165) is 30.4 Å². The van der Waals surface area contributed by atoms with Crippen LogP contribution in [0.1, 0.15) is 27.9 Å². The Kier molecular flexibility index (Phi) is 6.36. The second-order valence-electron chi connectivity index (χ2n) is 8.78. The van der Waals surface area contributed by atoms with E-state index in [1.54, 1.807) is 35.4 Å². The molecule has 5 rings (SSSR count). The lowest BCUT2D eigenvalue weighted by atomic mass is 10.1. The molecule has 10 nitrogen and oxygen atoms in total. The van der Waals surface area contributed by atoms with Gasteiger partial charge in [-0.25, -0.2) is 15.8 Å². The van der Waals surface area contributed by atoms with E-state index in [1.165, 1.54) is 17.4 Å². The molecule has 4 N–H and O–H groups in total. The van der Waals surface area contributed by atoms with Crippen molar-refractivity contribution in [2.75, 3.05) is 18.4 Å². The maximum absolute atomic E-state index is 13.0. The summed E-state index contributed by atoms with van der Waals surface area (Å²) in [5.41, 5.74) is 5.48. The van der Waals surface area contributed by atoms with E-state index in [1.807, 2.05) is 5.01 Å². The van der Waals surface area contributed by atoms with Crippen molar-refractivity contribution in [1.29, 1.82) is 0 Å². The molecule has 4 heterocycles. The van der Waals surface area contributed by atoms with Crippen LogP contribution in [0.4, 0.5) is 19.0 Å². The highest BCUT2D eigenvalue weighted by molar-refractivity contribution is 6.04. The van der Waals surface area contributed by atoms with Crippen LogP contribution in [0.3, 0.4) is 0 Å². The first-order chi connectivity index (χ1) is 18.2. The number of anilines is 1. The van der Waals surface area contributed by atoms with Crippen LogP contribution in [0, 0.1) is 0 Å². The largest absolute Gasteiger partial charge is 0.416 e. The molecular formula is C25H23F3N8O2. The molecule has 1 aromatic heterocycles. The summed E-state index contributed by atoms with van der Waals surface area (Å²) < 4.78 is 38.9. The van der Waals surface area contributed by atoms with Crippen molar-refractivity contribution in [3.63, 3.8) is 0 Å². The number of aliphatic imine (C=N–C) groups is 1. The monoisotopic (exact) mass is 524 g/mol. The normalized spacial score (nSPS) is 18.8. The maximum Gasteiger partial charge on any atom is 0.416 e. The Morgan fingerprint density at radius 2 is 1.97 bits per heavy atom. The van der Waals surface area contributed by atoms with Crippen LogP contribution in [0.5, 0.6) is 0 Å². The predicted octanol–water partition coefficient (Wildman–Crippen LogP) is 2.69. The van der Waals surface area contributed by atoms with Crippen molar-refractivity contribution in [3.05, 3.63) is 89.5 Å². The highest BCUT2D eigenvalue weighted by Crippen LogP contribution is 2.36. The minimum Gasteiger partial charge on any atom is -0.337 e. The second-order valence-corrected chi connectivity index (χ2v) is 8.78. The SMILES string of the molecule is C=CC(=O)N1CC[C@@H](N2NC(c3ccc(C(=O)Nc4cc(C(F)(F)F)ccn4)cc3)=C3C2=CN=CN3N)C1. The van der Waals surface area contributed by atoms with Gasteiger partial charge >= 0.3 is 6.18 Å². The number of alkyl halides is 3. The van der Waals surface area contributed by atoms with Crippen LogP contribution >= 0.6 is 0 Å². The van der Waals surface area contributed by atoms with Gasteiger partial charge in [0.1, 0.15) is 23.6 Å². The van der Waals surface area contributed by atoms with Gasteiger partial charge in [0.25, 0.3) is 5.91 Å². The number of likely N-dealkylation sites (tertiary alicyclic amines) is 1. The number of carbonyl (C=O) groups excluding carboxylic acids is 2. The van der Waals surface area contributed by atoms with E-state index >= 15 is 0 Å². The smallest absolute Gasteiger partial charge is 0.337 e. The number of aromatic nitrogens is 1. The van der Waals surface area contributed by atoms with Gasteiger partial charge in [-0.05, 0) is 36.8 Å². The first-order valence-corrected chi connectivity index (χ1v) is 11.6. The summed E-state index contributed by atoms with van der Waals surface area (Å²) in [4.78, 5) is 34.4. The van der Waals surface area contributed by atoms with E-state index < -0.39 is 17.6 Å². The van der Waals surface area contributed by atoms with Gasteiger partial charge in [0.15, 0.2) is 0 Å². The van der Waals surface area contributed by atoms with Gasteiger partial charge in [0, 0.05) is 30.4 Å². The Bertz CT molecular complexity index is 1380. The standard InChI is InChI=1S/C25H23F3N8O2/c1-2-21(37)34-10-8-18(13-34)36-19-12-30-14-35(29)23(19)22(33-36)15-3-5-16(6-4-15)24(38)32-20-11-17(7-9-31-20)25(26,27)28/h2-7,9,11-12,14,18,33H,1,8,10,13,29H2,(H,31,32,38)/t18-/m1/s1. The van der Waals surface area contributed by atoms with Gasteiger partial charge in [-0.1, -0.05) is 18.7 Å². The molecule has 0 radical (unpaired) electrons. The van der Waals surface area contributed by atoms with E-state index in [0.29, 0.717) is 30.0 Å². The molecule has 38 heavy (non-hydrogen) atoms. The number of hydrogen-bond donors (Lipinski definition) is 3. The number of hydrazine groups is 2. The molecule has 1 atom stereocenters. The van der Waals surface area contributed by atoms with Crippen LogP contribution in [0.25, 0.3) is 5.70 Å². The third-order valence-corrected chi connectivity index (χ3v) is 6.40. The zero-order chi connectivity index (χ0) is 27.0. The molecule has 1 aromatic carbocycles. The fourth-order valence-corrected chi connectivity index (χ4v) is 4.52. The molecule has 1 fully saturated rings. The number of halogens is 3. The van der Waals surface area contributed by atoms with Crippen LogP contribution in [-0.2, 0) is 11.0 Å². The molecule has 3 aliphatic heterocycles. The Hall–Kier alpha value is -4.65. The van der Waals surface area contributed by atoms with Crippen LogP contribution in [0.2, 0.25) is 0 Å². The minimum atomic E-state index is -4.55. The Morgan fingerprint density at radius 3 is 2.68 bits per heavy atom. The molecule has 1 saturated heterocycles. The summed E-state index contributed by atoms with van der Waals surface area (Å²) in [6.45, 7) is 4.63. The Balaban J connectivity index is 1.35. The molecule has 196 valence electrons. The topological polar surface area (TPSA) is 119 Å². The number of nitrogens with zero attached hydrogens (tertiary/aromatic N) is 5. The molecule has 13 heteroatoms. The number of amides is 2. The van der Waals surface area contributed by atoms with Gasteiger partial charge < -0.3 is 10.2 Å². The molecule has 0 unspecified atom stereocenters. The predicted molar refractivity (Wildman–Crippen MR) is 133 cm³/mol. The summed E-state index contributed by atoms with van der Waals surface area (Å²) in [5.74, 6) is 5.26. The number of nitrogens with one attached hydrogen (secondary N) is 2. The number of carbonyl (C=O) groups is 2. The van der Waals surface area contributed by atoms with Crippen molar-refractivity contribution in [2.45, 2.75) is 18.6 Å². The number of rotatable bonds is 5. The summed E-state index contributed by atoms with van der Waals surface area (Å²) >= 11 is 0. The maximum atomic E-state index is 13.0. The summed E-state index contributed by atoms with van der Waals surface area (Å²) in [5, 5.41) is 5.71. The van der Waals surface area contributed by atoms with Crippen molar-refractivity contribution >= 4 is 29.7 Å².